The number of halogens is 10. The van der Waals surface area contributed by atoms with Crippen molar-refractivity contribution in [2.45, 2.75) is 481 Å². The molecule has 0 nitrogen and oxygen atoms in total. The highest BCUT2D eigenvalue weighted by Crippen LogP contribution is 2.63. The molecule has 0 bridgehead atoms. The Morgan fingerprint density at radius 3 is 0.735 bits per heavy atom. The van der Waals surface area contributed by atoms with Crippen LogP contribution in [0.25, 0.3) is 0 Å². The maximum Gasteiger partial charge on any atom is 0.403 e. The molecule has 0 saturated heterocycles. The van der Waals surface area contributed by atoms with Crippen molar-refractivity contribution in [3.63, 3.8) is 0 Å². The first kappa shape index (κ1) is 116. The smallest absolute Gasteiger partial charge is 0.244 e. The first-order valence-electron chi connectivity index (χ1n) is 39.9. The minimum atomic E-state index is -5.20. The average molecular weight is 1430 g/mol. The molecule has 0 amide bonds. The van der Waals surface area contributed by atoms with Crippen LogP contribution in [0.4, 0.5) is 43.9 Å². The highest BCUT2D eigenvalue weighted by atomic mass is 19.4. The third-order valence-electron chi connectivity index (χ3n) is 22.1. The molecule has 98 heavy (non-hydrogen) atoms. The molecule has 2 aliphatic carbocycles. The van der Waals surface area contributed by atoms with E-state index >= 15 is 0 Å². The first-order chi connectivity index (χ1) is 43.0. The van der Waals surface area contributed by atoms with Crippen molar-refractivity contribution in [3.05, 3.63) is 0 Å². The van der Waals surface area contributed by atoms with Crippen molar-refractivity contribution in [2.24, 2.45) is 90.2 Å². The summed E-state index contributed by atoms with van der Waals surface area (Å²) in [4.78, 5) is 0. The van der Waals surface area contributed by atoms with Gasteiger partial charge in [0.1, 0.15) is 22.7 Å². The molecule has 0 heterocycles. The maximum absolute atomic E-state index is 13.6. The third-order valence-corrected chi connectivity index (χ3v) is 22.1. The summed E-state index contributed by atoms with van der Waals surface area (Å²) in [6.45, 7) is 95.6. The Kier molecular flexibility index (Phi) is 59.9. The van der Waals surface area contributed by atoms with Gasteiger partial charge in [-0.3, -0.25) is 0 Å². The minimum absolute atomic E-state index is 0.0543. The zero-order chi connectivity index (χ0) is 81.4. The van der Waals surface area contributed by atoms with E-state index in [-0.39, 0.29) is 30.1 Å². The van der Waals surface area contributed by atoms with Crippen LogP contribution in [0.2, 0.25) is 0 Å². The van der Waals surface area contributed by atoms with E-state index in [1.807, 2.05) is 48.5 Å². The van der Waals surface area contributed by atoms with E-state index in [1.54, 1.807) is 34.6 Å². The summed E-state index contributed by atoms with van der Waals surface area (Å²) in [6, 6.07) is 0. The Hall–Kier alpha value is -0.700. The summed E-state index contributed by atoms with van der Waals surface area (Å²) in [7, 11) is 0. The third kappa shape index (κ3) is 61.6. The van der Waals surface area contributed by atoms with Gasteiger partial charge in [-0.1, -0.05) is 335 Å². The van der Waals surface area contributed by atoms with Gasteiger partial charge < -0.3 is 0 Å². The molecule has 0 aromatic heterocycles. The molecule has 0 N–H and O–H groups in total. The molecule has 0 radical (unpaired) electrons. The topological polar surface area (TPSA) is 0 Å². The predicted octanol–water partition coefficient (Wildman–Crippen LogP) is 35.1. The van der Waals surface area contributed by atoms with Gasteiger partial charge in [0.15, 0.2) is 5.41 Å². The van der Waals surface area contributed by atoms with Gasteiger partial charge in [-0.05, 0) is 196 Å². The molecular formula is C88H184F10. The molecule has 0 aliphatic heterocycles. The van der Waals surface area contributed by atoms with Crippen LogP contribution in [-0.2, 0) is 0 Å². The fraction of sp³-hybridized carbons (Fsp3) is 1.00. The van der Waals surface area contributed by atoms with Crippen LogP contribution in [0, 0.1) is 90.2 Å². The number of hydrogen-bond acceptors (Lipinski definition) is 0. The highest BCUT2D eigenvalue weighted by Gasteiger charge is 2.71. The van der Waals surface area contributed by atoms with Crippen molar-refractivity contribution in [1.82, 2.24) is 0 Å². The lowest BCUT2D eigenvalue weighted by atomic mass is 9.57. The average Bonchev–Trinajstić information content (AvgIpc) is 0.738. The van der Waals surface area contributed by atoms with Crippen molar-refractivity contribution in [3.8, 4) is 0 Å². The van der Waals surface area contributed by atoms with Crippen molar-refractivity contribution < 1.29 is 43.9 Å². The lowest BCUT2D eigenvalue weighted by Crippen LogP contribution is -2.53. The Bertz CT molecular complexity index is 1730. The minimum Gasteiger partial charge on any atom is -0.244 e. The van der Waals surface area contributed by atoms with Gasteiger partial charge in [-0.15, -0.1) is 0 Å². The van der Waals surface area contributed by atoms with E-state index in [4.69, 9.17) is 0 Å². The van der Waals surface area contributed by atoms with Gasteiger partial charge in [-0.25, -0.2) is 17.6 Å². The lowest BCUT2D eigenvalue weighted by Gasteiger charge is -2.49. The SMILES string of the molecule is CC(C)(C)C.CC(C)C(C(C)C)C(C)(C)F.CC(C)C(C)(C)C.CC1CCC2(CC1)CCC(C(F)(F)F)(C(F)(F)F)CC2.CCC(C)(C)C.CCC(C)(CC)C(C)(C)C.CCC(C)(F)C(C)C.CCC(C)(F)CC.CCC(CC)C(C)(C)C.CCCC(C)(C)C.CCCC(C)(F)CC. The zero-order valence-electron chi connectivity index (χ0n) is 75.2. The molecule has 2 saturated carbocycles. The van der Waals surface area contributed by atoms with Gasteiger partial charge in [0.2, 0.25) is 0 Å². The molecule has 2 aliphatic rings. The second kappa shape index (κ2) is 50.7. The van der Waals surface area contributed by atoms with Crippen LogP contribution in [0.1, 0.15) is 446 Å². The number of rotatable bonds is 15. The summed E-state index contributed by atoms with van der Waals surface area (Å²) in [5.41, 5.74) is -3.99. The quantitative estimate of drug-likeness (QED) is 0.143. The fourth-order valence-corrected chi connectivity index (χ4v) is 11.1. The van der Waals surface area contributed by atoms with E-state index in [1.165, 1.54) is 44.9 Å². The van der Waals surface area contributed by atoms with Crippen LogP contribution in [0.5, 0.6) is 0 Å². The molecule has 606 valence electrons. The van der Waals surface area contributed by atoms with E-state index < -0.39 is 53.3 Å². The molecule has 10 heteroatoms. The molecule has 2 fully saturated rings. The Labute approximate surface area is 612 Å². The van der Waals surface area contributed by atoms with Crippen molar-refractivity contribution in [2.75, 3.05) is 0 Å². The summed E-state index contributed by atoms with van der Waals surface area (Å²) >= 11 is 0. The number of hydrogen-bond donors (Lipinski definition) is 0. The van der Waals surface area contributed by atoms with Crippen molar-refractivity contribution >= 4 is 0 Å². The predicted molar refractivity (Wildman–Crippen MR) is 426 cm³/mol. The van der Waals surface area contributed by atoms with Gasteiger partial charge in [0, 0.05) is 0 Å². The van der Waals surface area contributed by atoms with Gasteiger partial charge in [-0.2, -0.15) is 26.3 Å². The largest absolute Gasteiger partial charge is 0.403 e. The van der Waals surface area contributed by atoms with E-state index in [0.29, 0.717) is 87.8 Å². The Morgan fingerprint density at radius 1 is 0.357 bits per heavy atom. The van der Waals surface area contributed by atoms with Crippen LogP contribution < -0.4 is 0 Å². The van der Waals surface area contributed by atoms with Crippen LogP contribution >= 0.6 is 0 Å². The zero-order valence-corrected chi connectivity index (χ0v) is 75.2. The van der Waals surface area contributed by atoms with Crippen LogP contribution in [-0.4, -0.2) is 35.0 Å². The summed E-state index contributed by atoms with van der Waals surface area (Å²) in [6.07, 6.45) is 4.80. The second-order valence-corrected chi connectivity index (χ2v) is 39.9. The monoisotopic (exact) mass is 1430 g/mol. The van der Waals surface area contributed by atoms with Crippen LogP contribution in [0.3, 0.4) is 0 Å². The Morgan fingerprint density at radius 2 is 0.653 bits per heavy atom. The van der Waals surface area contributed by atoms with Gasteiger partial charge >= 0.3 is 12.4 Å². The standard InChI is InChI=1S/C14H20F6.C10H21F.C10H22.C9H20.2C7H15F.2C7H16.C6H13F.C6H14.C5H12/c1-10-2-4-11(5-3-10)6-8-12(9-7-11,13(15,16)17)14(18,19)20;1-7(2)9(8(3)4)10(5,6)11;1-7-10(6,8-2)9(3,4)5;1-6-8(7-2)9(3,4)5;1-5-7(4,8)6(2)3;1-4-6-7(3,8)5-2;1-6(2)7(3,4)5;1-5-6-7(2,3)4;1-4-6(3,7)5-2;1-5-6(2,3)4;1-5(2,3)4/h10H,2-9H2,1H3;7-9H,1-6H3;7-8H2,1-6H3;8H,6-7H2,1-5H3;6H,5H2,1-4H3;4-6H2,1-3H3;6H,1-5H3;5-6H2,1-4H3;4-5H2,1-3H3;5H2,1-4H3;1-4H3. The van der Waals surface area contributed by atoms with Crippen molar-refractivity contribution in [1.29, 1.82) is 0 Å². The van der Waals surface area contributed by atoms with E-state index in [9.17, 15) is 43.9 Å². The Balaban J connectivity index is -0.000000131. The molecular weight excluding hydrogens is 1250 g/mol. The van der Waals surface area contributed by atoms with Crippen LogP contribution in [0.15, 0.2) is 0 Å². The molecule has 2 unspecified atom stereocenters. The van der Waals surface area contributed by atoms with E-state index in [2.05, 4.69) is 228 Å². The molecule has 0 aromatic carbocycles. The summed E-state index contributed by atoms with van der Waals surface area (Å²) in [5, 5.41) is 0. The maximum atomic E-state index is 13.6. The molecule has 2 rings (SSSR count). The highest BCUT2D eigenvalue weighted by molar-refractivity contribution is 5.01. The lowest BCUT2D eigenvalue weighted by molar-refractivity contribution is -0.354. The normalized spacial score (nSPS) is 16.7. The van der Waals surface area contributed by atoms with E-state index in [0.717, 1.165) is 43.9 Å². The summed E-state index contributed by atoms with van der Waals surface area (Å²) < 4.78 is 130. The fourth-order valence-electron chi connectivity index (χ4n) is 11.1. The molecule has 1 spiro atoms. The second-order valence-electron chi connectivity index (χ2n) is 39.9. The number of alkyl halides is 10. The van der Waals surface area contributed by atoms with Gasteiger partial charge in [0.05, 0.1) is 0 Å². The molecule has 2 atom stereocenters. The summed E-state index contributed by atoms with van der Waals surface area (Å²) in [5.74, 6) is 3.41. The first-order valence-corrected chi connectivity index (χ1v) is 39.9. The van der Waals surface area contributed by atoms with Gasteiger partial charge in [0.25, 0.3) is 0 Å². The molecule has 0 aromatic rings.